The van der Waals surface area contributed by atoms with Gasteiger partial charge in [-0.25, -0.2) is 0 Å². The molecule has 4 rings (SSSR count). The van der Waals surface area contributed by atoms with E-state index in [4.69, 9.17) is 0 Å². The summed E-state index contributed by atoms with van der Waals surface area (Å²) in [6.07, 6.45) is 0. The molecule has 2 aliphatic rings. The molecule has 2 aromatic rings. The van der Waals surface area contributed by atoms with Crippen LogP contribution in [0.5, 0.6) is 0 Å². The highest BCUT2D eigenvalue weighted by atomic mass is 32.1. The molecule has 4 N–H and O–H groups in total. The minimum atomic E-state index is -0.160. The van der Waals surface area contributed by atoms with E-state index in [0.717, 1.165) is 42.4 Å². The van der Waals surface area contributed by atoms with Crippen molar-refractivity contribution < 1.29 is 9.59 Å². The molecule has 1 saturated heterocycles. The van der Waals surface area contributed by atoms with E-state index in [-0.39, 0.29) is 18.0 Å². The van der Waals surface area contributed by atoms with Crippen molar-refractivity contribution in [1.82, 2.24) is 16.0 Å². The van der Waals surface area contributed by atoms with Gasteiger partial charge in [0.25, 0.3) is 5.91 Å². The number of anilines is 3. The summed E-state index contributed by atoms with van der Waals surface area (Å²) in [6, 6.07) is 7.50. The maximum atomic E-state index is 13.3. The van der Waals surface area contributed by atoms with Crippen LogP contribution in [-0.4, -0.2) is 61.4 Å². The summed E-state index contributed by atoms with van der Waals surface area (Å²) in [7, 11) is 2.10. The van der Waals surface area contributed by atoms with Gasteiger partial charge in [0, 0.05) is 36.4 Å². The van der Waals surface area contributed by atoms with Crippen LogP contribution in [-0.2, 0) is 4.79 Å². The smallest absolute Gasteiger partial charge is 0.258 e. The van der Waals surface area contributed by atoms with E-state index in [1.54, 1.807) is 4.90 Å². The first-order chi connectivity index (χ1) is 12.5. The first kappa shape index (κ1) is 19.5. The number of hydrogen-bond acceptors (Lipinski definition) is 6. The van der Waals surface area contributed by atoms with Gasteiger partial charge < -0.3 is 16.4 Å². The lowest BCUT2D eigenvalue weighted by atomic mass is 10.2. The van der Waals surface area contributed by atoms with Crippen molar-refractivity contribution in [2.75, 3.05) is 50.0 Å². The van der Waals surface area contributed by atoms with Crippen molar-refractivity contribution in [3.63, 3.8) is 0 Å². The molecule has 144 valence electrons. The highest BCUT2D eigenvalue weighted by Crippen LogP contribution is 2.42. The number of benzene rings is 1. The van der Waals surface area contributed by atoms with Crippen molar-refractivity contribution in [3.05, 3.63) is 40.1 Å². The normalized spacial score (nSPS) is 17.4. The van der Waals surface area contributed by atoms with Gasteiger partial charge in [-0.1, -0.05) is 12.1 Å². The first-order valence-electron chi connectivity index (χ1n) is 8.77. The van der Waals surface area contributed by atoms with Crippen LogP contribution in [0.2, 0.25) is 0 Å². The number of thiophene rings is 1. The van der Waals surface area contributed by atoms with E-state index in [2.05, 4.69) is 22.2 Å². The van der Waals surface area contributed by atoms with Gasteiger partial charge in [-0.2, -0.15) is 0 Å². The topological polar surface area (TPSA) is 90.9 Å². The van der Waals surface area contributed by atoms with Crippen LogP contribution in [0.25, 0.3) is 0 Å². The molecule has 0 unspecified atom stereocenters. The number of likely N-dealkylation sites (N-methyl/N-ethyl adjacent to an activating group) is 1. The lowest BCUT2D eigenvalue weighted by molar-refractivity contribution is -0.119. The van der Waals surface area contributed by atoms with Crippen LogP contribution >= 0.6 is 11.3 Å². The van der Waals surface area contributed by atoms with Gasteiger partial charge >= 0.3 is 0 Å². The molecule has 0 saturated carbocycles. The van der Waals surface area contributed by atoms with E-state index < -0.39 is 0 Å². The number of carbonyl (C=O) groups is 2. The molecule has 0 bridgehead atoms. The summed E-state index contributed by atoms with van der Waals surface area (Å²) in [4.78, 5) is 33.1. The number of amides is 2. The largest absolute Gasteiger partial charge is 0.344 e. The predicted octanol–water partition coefficient (Wildman–Crippen LogP) is 2.70. The summed E-state index contributed by atoms with van der Waals surface area (Å²) in [5, 5.41) is 4.78. The monoisotopic (exact) mass is 387 g/mol. The Morgan fingerprint density at radius 2 is 1.89 bits per heavy atom. The van der Waals surface area contributed by atoms with E-state index in [1.165, 1.54) is 11.3 Å². The Bertz CT molecular complexity index is 858. The minimum Gasteiger partial charge on any atom is -0.344 e. The van der Waals surface area contributed by atoms with Crippen LogP contribution in [0.3, 0.4) is 0 Å². The Morgan fingerprint density at radius 3 is 2.63 bits per heavy atom. The molecule has 0 spiro atoms. The first-order valence-corrected chi connectivity index (χ1v) is 9.65. The fourth-order valence-electron chi connectivity index (χ4n) is 3.50. The molecule has 8 heteroatoms. The van der Waals surface area contributed by atoms with Crippen molar-refractivity contribution in [3.8, 4) is 0 Å². The third kappa shape index (κ3) is 3.61. The van der Waals surface area contributed by atoms with Gasteiger partial charge in [-0.05, 0) is 26.1 Å². The van der Waals surface area contributed by atoms with Crippen molar-refractivity contribution in [2.45, 2.75) is 6.92 Å². The second-order valence-electron chi connectivity index (χ2n) is 6.83. The molecule has 0 atom stereocenters. The SMILES string of the molecule is Cc1scc2c1N(C(=O)CN1CCN(C)CC1)c1ccccc1NC2=O.N. The maximum Gasteiger partial charge on any atom is 0.258 e. The van der Waals surface area contributed by atoms with Gasteiger partial charge in [-0.15, -0.1) is 11.3 Å². The molecule has 2 aliphatic heterocycles. The van der Waals surface area contributed by atoms with Gasteiger partial charge in [0.2, 0.25) is 5.91 Å². The van der Waals surface area contributed by atoms with Crippen LogP contribution in [0, 0.1) is 6.92 Å². The third-order valence-corrected chi connectivity index (χ3v) is 5.91. The van der Waals surface area contributed by atoms with Gasteiger partial charge in [-0.3, -0.25) is 19.4 Å². The molecule has 1 aromatic heterocycles. The lowest BCUT2D eigenvalue weighted by Crippen LogP contribution is -2.48. The van der Waals surface area contributed by atoms with E-state index >= 15 is 0 Å². The summed E-state index contributed by atoms with van der Waals surface area (Å²) in [5.41, 5.74) is 2.69. The number of rotatable bonds is 2. The summed E-state index contributed by atoms with van der Waals surface area (Å²) >= 11 is 1.50. The number of piperazine rings is 1. The predicted molar refractivity (Wildman–Crippen MR) is 110 cm³/mol. The molecular formula is C19H25N5O2S. The molecule has 1 fully saturated rings. The van der Waals surface area contributed by atoms with Crippen LogP contribution in [0.15, 0.2) is 29.6 Å². The molecule has 0 radical (unpaired) electrons. The Kier molecular flexibility index (Phi) is 5.61. The Balaban J connectivity index is 0.00000210. The summed E-state index contributed by atoms with van der Waals surface area (Å²) < 4.78 is 0. The number of nitrogens with zero attached hydrogens (tertiary/aromatic N) is 3. The maximum absolute atomic E-state index is 13.3. The van der Waals surface area contributed by atoms with Crippen molar-refractivity contribution in [2.24, 2.45) is 0 Å². The summed E-state index contributed by atoms with van der Waals surface area (Å²) in [5.74, 6) is -0.159. The average Bonchev–Trinajstić information content (AvgIpc) is 2.94. The lowest BCUT2D eigenvalue weighted by Gasteiger charge is -2.33. The second kappa shape index (κ2) is 7.77. The summed E-state index contributed by atoms with van der Waals surface area (Å²) in [6.45, 7) is 6.00. The minimum absolute atomic E-state index is 0. The van der Waals surface area contributed by atoms with E-state index in [0.29, 0.717) is 17.8 Å². The molecule has 2 amide bonds. The van der Waals surface area contributed by atoms with Crippen LogP contribution in [0.1, 0.15) is 15.2 Å². The molecule has 3 heterocycles. The van der Waals surface area contributed by atoms with Crippen molar-refractivity contribution in [1.29, 1.82) is 0 Å². The van der Waals surface area contributed by atoms with E-state index in [1.807, 2.05) is 36.6 Å². The fourth-order valence-corrected chi connectivity index (χ4v) is 4.33. The van der Waals surface area contributed by atoms with Gasteiger partial charge in [0.15, 0.2) is 0 Å². The Morgan fingerprint density at radius 1 is 1.19 bits per heavy atom. The highest BCUT2D eigenvalue weighted by molar-refractivity contribution is 7.11. The zero-order valence-corrected chi connectivity index (χ0v) is 16.5. The highest BCUT2D eigenvalue weighted by Gasteiger charge is 2.32. The Hall–Kier alpha value is -2.26. The standard InChI is InChI=1S/C19H22N4O2S.H3N/c1-13-18-14(12-26-13)19(25)20-15-5-3-4-6-16(15)23(18)17(24)11-22-9-7-21(2)8-10-22;/h3-6,12H,7-11H2,1-2H3,(H,20,25);1H3. The van der Waals surface area contributed by atoms with Crippen LogP contribution < -0.4 is 16.4 Å². The average molecular weight is 388 g/mol. The molecule has 0 aliphatic carbocycles. The zero-order valence-electron chi connectivity index (χ0n) is 15.7. The second-order valence-corrected chi connectivity index (χ2v) is 7.92. The third-order valence-electron chi connectivity index (χ3n) is 5.01. The van der Waals surface area contributed by atoms with Gasteiger partial charge in [0.1, 0.15) is 0 Å². The Labute approximate surface area is 163 Å². The number of nitrogens with one attached hydrogen (secondary N) is 1. The number of aryl methyl sites for hydroxylation is 1. The number of para-hydroxylation sites is 2. The zero-order chi connectivity index (χ0) is 18.3. The number of carbonyl (C=O) groups excluding carboxylic acids is 2. The van der Waals surface area contributed by atoms with Gasteiger partial charge in [0.05, 0.1) is 29.2 Å². The fraction of sp³-hybridized carbons (Fsp3) is 0.368. The van der Waals surface area contributed by atoms with E-state index in [9.17, 15) is 9.59 Å². The van der Waals surface area contributed by atoms with Crippen LogP contribution in [0.4, 0.5) is 17.1 Å². The number of hydrogen-bond donors (Lipinski definition) is 2. The molecule has 1 aromatic carbocycles. The number of fused-ring (bicyclic) bond motifs is 2. The quantitative estimate of drug-likeness (QED) is 0.827. The molecule has 7 nitrogen and oxygen atoms in total. The molecule has 27 heavy (non-hydrogen) atoms. The van der Waals surface area contributed by atoms with Crippen molar-refractivity contribution >= 4 is 40.2 Å². The molecular weight excluding hydrogens is 362 g/mol.